The Morgan fingerprint density at radius 2 is 1.90 bits per heavy atom. The van der Waals surface area contributed by atoms with Crippen molar-refractivity contribution in [2.24, 2.45) is 5.73 Å². The van der Waals surface area contributed by atoms with Crippen LogP contribution in [0.2, 0.25) is 5.02 Å². The minimum Gasteiger partial charge on any atom is -0.324 e. The van der Waals surface area contributed by atoms with Gasteiger partial charge in [-0.1, -0.05) is 25.4 Å². The Morgan fingerprint density at radius 1 is 1.33 bits per heavy atom. The number of nitrogens with one attached hydrogen (secondary N) is 1. The summed E-state index contributed by atoms with van der Waals surface area (Å²) < 4.78 is 27.0. The first kappa shape index (κ1) is 21.0. The summed E-state index contributed by atoms with van der Waals surface area (Å²) in [4.78, 5) is 1.01. The van der Waals surface area contributed by atoms with Crippen LogP contribution in [-0.2, 0) is 10.0 Å². The van der Waals surface area contributed by atoms with Gasteiger partial charge in [0.15, 0.2) is 0 Å². The molecule has 1 aromatic carbocycles. The number of hydrogen-bond acceptors (Lipinski definition) is 4. The van der Waals surface area contributed by atoms with Gasteiger partial charge in [0, 0.05) is 17.0 Å². The van der Waals surface area contributed by atoms with Crippen molar-refractivity contribution in [1.29, 1.82) is 0 Å². The van der Waals surface area contributed by atoms with E-state index in [0.717, 1.165) is 4.90 Å². The van der Waals surface area contributed by atoms with Crippen LogP contribution in [0.5, 0.6) is 0 Å². The highest BCUT2D eigenvalue weighted by Gasteiger charge is 2.24. The first-order valence-electron chi connectivity index (χ1n) is 6.40. The number of nitrogens with two attached hydrogens (primary N) is 1. The van der Waals surface area contributed by atoms with Crippen LogP contribution in [0.4, 0.5) is 0 Å². The van der Waals surface area contributed by atoms with E-state index >= 15 is 0 Å². The zero-order chi connectivity index (χ0) is 15.4. The quantitative estimate of drug-likeness (QED) is 0.720. The molecule has 0 fully saturated rings. The lowest BCUT2D eigenvalue weighted by Gasteiger charge is -2.26. The molecule has 21 heavy (non-hydrogen) atoms. The Morgan fingerprint density at radius 3 is 2.33 bits per heavy atom. The van der Waals surface area contributed by atoms with E-state index in [0.29, 0.717) is 17.9 Å². The Hall–Kier alpha value is 0.0200. The summed E-state index contributed by atoms with van der Waals surface area (Å²) in [5.41, 5.74) is 5.58. The highest BCUT2D eigenvalue weighted by atomic mass is 35.5. The molecular weight excluding hydrogens is 351 g/mol. The number of hydrogen-bond donors (Lipinski definition) is 2. The van der Waals surface area contributed by atoms with E-state index in [4.69, 9.17) is 17.3 Å². The molecule has 1 rings (SSSR count). The van der Waals surface area contributed by atoms with Crippen molar-refractivity contribution < 1.29 is 8.42 Å². The average molecular weight is 373 g/mol. The number of sulfonamides is 1. The maximum absolute atomic E-state index is 12.2. The summed E-state index contributed by atoms with van der Waals surface area (Å²) in [7, 11) is -3.58. The predicted molar refractivity (Wildman–Crippen MR) is 93.2 cm³/mol. The molecule has 0 unspecified atom stereocenters. The molecule has 0 aliphatic heterocycles. The highest BCUT2D eigenvalue weighted by Crippen LogP contribution is 2.27. The predicted octanol–water partition coefficient (Wildman–Crippen LogP) is 3.28. The standard InChI is InChI=1S/C13H21ClN2O2S2.ClH/c1-4-13(15,5-2)9-16-20(17,18)10-6-7-12(19-3)11(14)8-10;/h6-8,16H,4-5,9,15H2,1-3H3;1H. The molecule has 0 aromatic heterocycles. The van der Waals surface area contributed by atoms with Gasteiger partial charge in [-0.15, -0.1) is 24.2 Å². The fourth-order valence-corrected chi connectivity index (χ4v) is 3.74. The Balaban J connectivity index is 0.00000400. The summed E-state index contributed by atoms with van der Waals surface area (Å²) in [5.74, 6) is 0. The minimum absolute atomic E-state index is 0. The maximum Gasteiger partial charge on any atom is 0.240 e. The zero-order valence-electron chi connectivity index (χ0n) is 12.3. The molecule has 0 saturated carbocycles. The van der Waals surface area contributed by atoms with Crippen molar-refractivity contribution in [2.45, 2.75) is 42.0 Å². The third kappa shape index (κ3) is 5.62. The summed E-state index contributed by atoms with van der Waals surface area (Å²) in [6, 6.07) is 4.72. The molecule has 0 heterocycles. The Labute approximate surface area is 142 Å². The molecule has 3 N–H and O–H groups in total. The van der Waals surface area contributed by atoms with Gasteiger partial charge in [-0.05, 0) is 37.3 Å². The Bertz CT molecular complexity index is 561. The van der Waals surface area contributed by atoms with Crippen molar-refractivity contribution in [3.05, 3.63) is 23.2 Å². The third-order valence-corrected chi connectivity index (χ3v) is 6.08. The number of halogens is 2. The lowest BCUT2D eigenvalue weighted by atomic mass is 9.95. The maximum atomic E-state index is 12.2. The molecular formula is C13H22Cl2N2O2S2. The van der Waals surface area contributed by atoms with Crippen LogP contribution < -0.4 is 10.5 Å². The fourth-order valence-electron chi connectivity index (χ4n) is 1.64. The summed E-state index contributed by atoms with van der Waals surface area (Å²) in [6.45, 7) is 4.11. The number of rotatable bonds is 7. The first-order valence-corrected chi connectivity index (χ1v) is 9.48. The lowest BCUT2D eigenvalue weighted by Crippen LogP contribution is -2.49. The molecule has 0 atom stereocenters. The summed E-state index contributed by atoms with van der Waals surface area (Å²) in [5, 5.41) is 0.436. The van der Waals surface area contributed by atoms with Crippen LogP contribution in [0, 0.1) is 0 Å². The van der Waals surface area contributed by atoms with Crippen molar-refractivity contribution in [2.75, 3.05) is 12.8 Å². The SMILES string of the molecule is CCC(N)(CC)CNS(=O)(=O)c1ccc(SC)c(Cl)c1.Cl. The lowest BCUT2D eigenvalue weighted by molar-refractivity contribution is 0.392. The van der Waals surface area contributed by atoms with Gasteiger partial charge in [-0.2, -0.15) is 0 Å². The summed E-state index contributed by atoms with van der Waals surface area (Å²) >= 11 is 7.51. The largest absolute Gasteiger partial charge is 0.324 e. The van der Waals surface area contributed by atoms with Crippen LogP contribution in [0.15, 0.2) is 28.0 Å². The molecule has 0 bridgehead atoms. The molecule has 122 valence electrons. The van der Waals surface area contributed by atoms with Gasteiger partial charge in [0.2, 0.25) is 10.0 Å². The normalized spacial score (nSPS) is 12.0. The van der Waals surface area contributed by atoms with Gasteiger partial charge in [0.05, 0.1) is 9.92 Å². The van der Waals surface area contributed by atoms with E-state index in [2.05, 4.69) is 4.72 Å². The van der Waals surface area contributed by atoms with Crippen LogP contribution in [0.25, 0.3) is 0 Å². The molecule has 0 radical (unpaired) electrons. The fraction of sp³-hybridized carbons (Fsp3) is 0.538. The molecule has 1 aromatic rings. The number of thioether (sulfide) groups is 1. The van der Waals surface area contributed by atoms with Crippen molar-refractivity contribution in [1.82, 2.24) is 4.72 Å². The van der Waals surface area contributed by atoms with E-state index in [1.165, 1.54) is 17.8 Å². The zero-order valence-corrected chi connectivity index (χ0v) is 15.6. The van der Waals surface area contributed by atoms with E-state index < -0.39 is 15.6 Å². The molecule has 0 spiro atoms. The highest BCUT2D eigenvalue weighted by molar-refractivity contribution is 7.98. The van der Waals surface area contributed by atoms with Crippen LogP contribution in [-0.4, -0.2) is 26.8 Å². The van der Waals surface area contributed by atoms with Gasteiger partial charge >= 0.3 is 0 Å². The Kier molecular flexibility index (Phi) is 8.61. The minimum atomic E-state index is -3.58. The second-order valence-corrected chi connectivity index (χ2v) is 7.71. The van der Waals surface area contributed by atoms with Gasteiger partial charge < -0.3 is 5.73 Å². The number of benzene rings is 1. The van der Waals surface area contributed by atoms with Crippen molar-refractivity contribution >= 4 is 45.8 Å². The second-order valence-electron chi connectivity index (χ2n) is 4.69. The van der Waals surface area contributed by atoms with E-state index in [9.17, 15) is 8.42 Å². The second kappa shape index (κ2) is 8.60. The summed E-state index contributed by atoms with van der Waals surface area (Å²) in [6.07, 6.45) is 3.30. The van der Waals surface area contributed by atoms with Gasteiger partial charge in [0.1, 0.15) is 0 Å². The molecule has 0 saturated heterocycles. The third-order valence-electron chi connectivity index (χ3n) is 3.46. The van der Waals surface area contributed by atoms with E-state index in [1.54, 1.807) is 12.1 Å². The molecule has 0 aliphatic carbocycles. The average Bonchev–Trinajstić information content (AvgIpc) is 2.44. The van der Waals surface area contributed by atoms with Crippen LogP contribution >= 0.6 is 35.8 Å². The topological polar surface area (TPSA) is 72.2 Å². The van der Waals surface area contributed by atoms with Crippen LogP contribution in [0.3, 0.4) is 0 Å². The van der Waals surface area contributed by atoms with E-state index in [-0.39, 0.29) is 23.8 Å². The van der Waals surface area contributed by atoms with Gasteiger partial charge in [-0.3, -0.25) is 0 Å². The van der Waals surface area contributed by atoms with Crippen molar-refractivity contribution in [3.63, 3.8) is 0 Å². The molecule has 4 nitrogen and oxygen atoms in total. The smallest absolute Gasteiger partial charge is 0.240 e. The molecule has 0 aliphatic rings. The molecule has 8 heteroatoms. The van der Waals surface area contributed by atoms with Gasteiger partial charge in [0.25, 0.3) is 0 Å². The van der Waals surface area contributed by atoms with E-state index in [1.807, 2.05) is 20.1 Å². The monoisotopic (exact) mass is 372 g/mol. The van der Waals surface area contributed by atoms with Crippen LogP contribution in [0.1, 0.15) is 26.7 Å². The van der Waals surface area contributed by atoms with Gasteiger partial charge in [-0.25, -0.2) is 13.1 Å². The molecule has 0 amide bonds. The first-order chi connectivity index (χ1) is 9.28. The van der Waals surface area contributed by atoms with Crippen molar-refractivity contribution in [3.8, 4) is 0 Å².